The maximum absolute atomic E-state index is 12.3. The van der Waals surface area contributed by atoms with Crippen LogP contribution >= 0.6 is 0 Å². The minimum atomic E-state index is -0.938. The first-order chi connectivity index (χ1) is 11.5. The van der Waals surface area contributed by atoms with E-state index >= 15 is 0 Å². The molecule has 1 unspecified atom stereocenters. The van der Waals surface area contributed by atoms with Gasteiger partial charge in [0.25, 0.3) is 11.8 Å². The van der Waals surface area contributed by atoms with Crippen LogP contribution in [0.2, 0.25) is 0 Å². The molecule has 1 aromatic carbocycles. The zero-order valence-corrected chi connectivity index (χ0v) is 13.5. The van der Waals surface area contributed by atoms with Crippen molar-refractivity contribution in [2.24, 2.45) is 0 Å². The van der Waals surface area contributed by atoms with E-state index in [-0.39, 0.29) is 25.6 Å². The Balaban J connectivity index is 1.89. The van der Waals surface area contributed by atoms with Crippen molar-refractivity contribution >= 4 is 23.6 Å². The highest BCUT2D eigenvalue weighted by Crippen LogP contribution is 2.24. The molecule has 0 saturated carbocycles. The van der Waals surface area contributed by atoms with Gasteiger partial charge in [0.1, 0.15) is 12.6 Å². The second-order valence-corrected chi connectivity index (χ2v) is 5.28. The molecule has 1 aromatic rings. The Kier molecular flexibility index (Phi) is 5.64. The molecule has 128 valence electrons. The van der Waals surface area contributed by atoms with Gasteiger partial charge in [0.05, 0.1) is 11.1 Å². The Morgan fingerprint density at radius 2 is 1.62 bits per heavy atom. The normalized spacial score (nSPS) is 14.3. The lowest BCUT2D eigenvalue weighted by Gasteiger charge is -2.21. The van der Waals surface area contributed by atoms with Crippen LogP contribution in [0.5, 0.6) is 0 Å². The van der Waals surface area contributed by atoms with Gasteiger partial charge in [0.15, 0.2) is 0 Å². The molecule has 0 radical (unpaired) electrons. The van der Waals surface area contributed by atoms with E-state index in [4.69, 9.17) is 0 Å². The summed E-state index contributed by atoms with van der Waals surface area (Å²) >= 11 is 0. The number of hydrogen-bond acceptors (Lipinski definition) is 5. The number of ether oxygens (including phenoxy) is 1. The van der Waals surface area contributed by atoms with E-state index in [0.29, 0.717) is 11.1 Å². The third kappa shape index (κ3) is 3.60. The van der Waals surface area contributed by atoms with Crippen LogP contribution in [-0.4, -0.2) is 61.4 Å². The van der Waals surface area contributed by atoms with Crippen molar-refractivity contribution in [1.29, 1.82) is 0 Å². The lowest BCUT2D eigenvalue weighted by atomic mass is 10.1. The zero-order chi connectivity index (χ0) is 17.7. The highest BCUT2D eigenvalue weighted by atomic mass is 16.5. The molecule has 8 nitrogen and oxygen atoms in total. The Bertz CT molecular complexity index is 638. The summed E-state index contributed by atoms with van der Waals surface area (Å²) in [5.74, 6) is -1.72. The second-order valence-electron chi connectivity index (χ2n) is 5.28. The molecule has 0 aliphatic carbocycles. The topological polar surface area (TPSA) is 105 Å². The molecule has 2 rings (SSSR count). The van der Waals surface area contributed by atoms with Crippen molar-refractivity contribution < 1.29 is 23.9 Å². The molecule has 0 fully saturated rings. The van der Waals surface area contributed by atoms with E-state index in [0.717, 1.165) is 4.90 Å². The number of carbonyl (C=O) groups is 4. The van der Waals surface area contributed by atoms with Crippen LogP contribution in [0.1, 0.15) is 27.6 Å². The summed E-state index contributed by atoms with van der Waals surface area (Å²) in [6.45, 7) is 1.84. The summed E-state index contributed by atoms with van der Waals surface area (Å²) in [6, 6.07) is 5.52. The highest BCUT2D eigenvalue weighted by molar-refractivity contribution is 6.22. The van der Waals surface area contributed by atoms with Crippen molar-refractivity contribution in [3.05, 3.63) is 35.4 Å². The standard InChI is InChI=1S/C16H19N3O5/c1-10(14(21)18-8-7-17-13(20)9-24-2)19-15(22)11-5-3-4-6-12(11)16(19)23/h3-6,10H,7-9H2,1-2H3,(H,17,20)(H,18,21). The molecular formula is C16H19N3O5. The molecular weight excluding hydrogens is 314 g/mol. The molecule has 4 amide bonds. The van der Waals surface area contributed by atoms with Crippen LogP contribution in [-0.2, 0) is 14.3 Å². The van der Waals surface area contributed by atoms with E-state index < -0.39 is 23.8 Å². The Labute approximate surface area is 139 Å². The second kappa shape index (κ2) is 7.69. The van der Waals surface area contributed by atoms with Gasteiger partial charge >= 0.3 is 0 Å². The predicted octanol–water partition coefficient (Wildman–Crippen LogP) is -0.450. The number of imide groups is 1. The van der Waals surface area contributed by atoms with Gasteiger partial charge in [-0.3, -0.25) is 24.1 Å². The number of fused-ring (bicyclic) bond motifs is 1. The van der Waals surface area contributed by atoms with Crippen molar-refractivity contribution in [2.45, 2.75) is 13.0 Å². The van der Waals surface area contributed by atoms with Gasteiger partial charge < -0.3 is 15.4 Å². The minimum Gasteiger partial charge on any atom is -0.375 e. The summed E-state index contributed by atoms with van der Waals surface area (Å²) in [5, 5.41) is 5.14. The molecule has 24 heavy (non-hydrogen) atoms. The summed E-state index contributed by atoms with van der Waals surface area (Å²) in [7, 11) is 1.41. The number of amides is 4. The fraction of sp³-hybridized carbons (Fsp3) is 0.375. The molecule has 1 aliphatic heterocycles. The average molecular weight is 333 g/mol. The molecule has 2 N–H and O–H groups in total. The summed E-state index contributed by atoms with van der Waals surface area (Å²) in [5.41, 5.74) is 0.600. The minimum absolute atomic E-state index is 0.0562. The third-order valence-electron chi connectivity index (χ3n) is 3.61. The van der Waals surface area contributed by atoms with E-state index in [1.807, 2.05) is 0 Å². The third-order valence-corrected chi connectivity index (χ3v) is 3.61. The van der Waals surface area contributed by atoms with Gasteiger partial charge in [-0.25, -0.2) is 0 Å². The number of benzene rings is 1. The largest absolute Gasteiger partial charge is 0.375 e. The lowest BCUT2D eigenvalue weighted by molar-refractivity contribution is -0.126. The quantitative estimate of drug-likeness (QED) is 0.519. The summed E-state index contributed by atoms with van der Waals surface area (Å²) in [4.78, 5) is 48.9. The lowest BCUT2D eigenvalue weighted by Crippen LogP contribution is -2.49. The highest BCUT2D eigenvalue weighted by Gasteiger charge is 2.40. The van der Waals surface area contributed by atoms with E-state index in [2.05, 4.69) is 15.4 Å². The number of nitrogens with one attached hydrogen (secondary N) is 2. The van der Waals surface area contributed by atoms with Crippen LogP contribution in [0.4, 0.5) is 0 Å². The first kappa shape index (κ1) is 17.6. The molecule has 8 heteroatoms. The van der Waals surface area contributed by atoms with Gasteiger partial charge in [-0.15, -0.1) is 0 Å². The zero-order valence-electron chi connectivity index (χ0n) is 13.5. The van der Waals surface area contributed by atoms with Crippen LogP contribution in [0.15, 0.2) is 24.3 Å². The van der Waals surface area contributed by atoms with E-state index in [1.54, 1.807) is 24.3 Å². The Morgan fingerprint density at radius 1 is 1.08 bits per heavy atom. The van der Waals surface area contributed by atoms with Gasteiger partial charge in [0.2, 0.25) is 11.8 Å². The Morgan fingerprint density at radius 3 is 2.17 bits per heavy atom. The molecule has 1 heterocycles. The summed E-state index contributed by atoms with van der Waals surface area (Å²) in [6.07, 6.45) is 0. The predicted molar refractivity (Wildman–Crippen MR) is 84.3 cm³/mol. The van der Waals surface area contributed by atoms with Gasteiger partial charge in [-0.1, -0.05) is 12.1 Å². The van der Waals surface area contributed by atoms with Crippen molar-refractivity contribution in [3.63, 3.8) is 0 Å². The molecule has 0 spiro atoms. The maximum atomic E-state index is 12.3. The molecule has 0 aromatic heterocycles. The van der Waals surface area contributed by atoms with Gasteiger partial charge in [-0.05, 0) is 19.1 Å². The van der Waals surface area contributed by atoms with E-state index in [9.17, 15) is 19.2 Å². The van der Waals surface area contributed by atoms with Crippen LogP contribution < -0.4 is 10.6 Å². The molecule has 0 bridgehead atoms. The maximum Gasteiger partial charge on any atom is 0.262 e. The average Bonchev–Trinajstić information content (AvgIpc) is 2.83. The number of methoxy groups -OCH3 is 1. The van der Waals surface area contributed by atoms with Crippen LogP contribution in [0.3, 0.4) is 0 Å². The van der Waals surface area contributed by atoms with Crippen LogP contribution in [0, 0.1) is 0 Å². The fourth-order valence-electron chi connectivity index (χ4n) is 2.39. The monoisotopic (exact) mass is 333 g/mol. The van der Waals surface area contributed by atoms with Crippen molar-refractivity contribution in [3.8, 4) is 0 Å². The number of nitrogens with zero attached hydrogens (tertiary/aromatic N) is 1. The van der Waals surface area contributed by atoms with Crippen LogP contribution in [0.25, 0.3) is 0 Å². The number of hydrogen-bond donors (Lipinski definition) is 2. The van der Waals surface area contributed by atoms with Crippen molar-refractivity contribution in [2.75, 3.05) is 26.8 Å². The molecule has 1 atom stereocenters. The summed E-state index contributed by atoms with van der Waals surface area (Å²) < 4.78 is 4.66. The fourth-order valence-corrected chi connectivity index (χ4v) is 2.39. The SMILES string of the molecule is COCC(=O)NCCNC(=O)C(C)N1C(=O)c2ccccc2C1=O. The smallest absolute Gasteiger partial charge is 0.262 e. The van der Waals surface area contributed by atoms with Gasteiger partial charge in [-0.2, -0.15) is 0 Å². The number of carbonyl (C=O) groups excluding carboxylic acids is 4. The first-order valence-corrected chi connectivity index (χ1v) is 7.47. The Hall–Kier alpha value is -2.74. The molecule has 1 aliphatic rings. The molecule has 0 saturated heterocycles. The number of rotatable bonds is 7. The van der Waals surface area contributed by atoms with Crippen molar-refractivity contribution in [1.82, 2.24) is 15.5 Å². The van der Waals surface area contributed by atoms with E-state index in [1.165, 1.54) is 14.0 Å². The first-order valence-electron chi connectivity index (χ1n) is 7.47. The van der Waals surface area contributed by atoms with Gasteiger partial charge in [0, 0.05) is 20.2 Å².